The normalized spacial score (nSPS) is 21.8. The number of fused-ring (bicyclic) bond motifs is 3. The van der Waals surface area contributed by atoms with Gasteiger partial charge in [0.2, 0.25) is 0 Å². The second kappa shape index (κ2) is 6.47. The van der Waals surface area contributed by atoms with E-state index in [4.69, 9.17) is 9.47 Å². The molecule has 1 fully saturated rings. The molecule has 1 saturated carbocycles. The van der Waals surface area contributed by atoms with Crippen LogP contribution >= 0.6 is 0 Å². The first-order valence-corrected chi connectivity index (χ1v) is 8.98. The van der Waals surface area contributed by atoms with Crippen molar-refractivity contribution in [3.63, 3.8) is 0 Å². The molecule has 0 radical (unpaired) electrons. The van der Waals surface area contributed by atoms with Crippen LogP contribution in [-0.2, 0) is 0 Å². The van der Waals surface area contributed by atoms with Gasteiger partial charge in [0.15, 0.2) is 0 Å². The number of allylic oxidation sites excluding steroid dienone is 1. The van der Waals surface area contributed by atoms with Crippen LogP contribution in [0.2, 0.25) is 0 Å². The van der Waals surface area contributed by atoms with E-state index < -0.39 is 0 Å². The third-order valence-corrected chi connectivity index (χ3v) is 5.69. The van der Waals surface area contributed by atoms with E-state index in [2.05, 4.69) is 24.3 Å². The van der Waals surface area contributed by atoms with Gasteiger partial charge in [-0.05, 0) is 65.7 Å². The molecule has 3 nitrogen and oxygen atoms in total. The summed E-state index contributed by atoms with van der Waals surface area (Å²) in [5.41, 5.74) is 4.74. The summed E-state index contributed by atoms with van der Waals surface area (Å²) in [7, 11) is 3.34. The van der Waals surface area contributed by atoms with Gasteiger partial charge in [-0.2, -0.15) is 0 Å². The molecule has 25 heavy (non-hydrogen) atoms. The maximum absolute atomic E-state index is 10.6. The Morgan fingerprint density at radius 1 is 0.880 bits per heavy atom. The zero-order chi connectivity index (χ0) is 17.4. The van der Waals surface area contributed by atoms with Crippen LogP contribution in [0, 0.1) is 5.92 Å². The Bertz CT molecular complexity index is 805. The van der Waals surface area contributed by atoms with Crippen molar-refractivity contribution in [1.29, 1.82) is 0 Å². The second-order valence-corrected chi connectivity index (χ2v) is 6.98. The van der Waals surface area contributed by atoms with Crippen molar-refractivity contribution in [2.75, 3.05) is 14.2 Å². The summed E-state index contributed by atoms with van der Waals surface area (Å²) in [6.45, 7) is 0. The highest BCUT2D eigenvalue weighted by molar-refractivity contribution is 5.88. The van der Waals surface area contributed by atoms with Gasteiger partial charge in [0.25, 0.3) is 0 Å². The summed E-state index contributed by atoms with van der Waals surface area (Å²) >= 11 is 0. The number of hydrogen-bond acceptors (Lipinski definition) is 3. The Kier molecular flexibility index (Phi) is 4.16. The molecule has 3 heteroatoms. The first kappa shape index (κ1) is 16.1. The fourth-order valence-corrected chi connectivity index (χ4v) is 4.43. The lowest BCUT2D eigenvalue weighted by Crippen LogP contribution is -2.23. The topological polar surface area (TPSA) is 38.7 Å². The number of rotatable bonds is 3. The van der Waals surface area contributed by atoms with Gasteiger partial charge < -0.3 is 14.6 Å². The van der Waals surface area contributed by atoms with E-state index >= 15 is 0 Å². The van der Waals surface area contributed by atoms with Crippen LogP contribution in [0.5, 0.6) is 17.2 Å². The van der Waals surface area contributed by atoms with Crippen LogP contribution in [0.1, 0.15) is 48.3 Å². The van der Waals surface area contributed by atoms with E-state index in [1.807, 2.05) is 12.1 Å². The number of methoxy groups -OCH3 is 2. The van der Waals surface area contributed by atoms with Crippen molar-refractivity contribution in [3.05, 3.63) is 53.1 Å². The van der Waals surface area contributed by atoms with Crippen LogP contribution < -0.4 is 9.47 Å². The van der Waals surface area contributed by atoms with Crippen LogP contribution in [0.4, 0.5) is 0 Å². The predicted molar refractivity (Wildman–Crippen MR) is 100 cm³/mol. The fraction of sp³-hybridized carbons (Fsp3) is 0.364. The minimum absolute atomic E-state index is 0.310. The molecule has 2 aromatic rings. The van der Waals surface area contributed by atoms with Gasteiger partial charge in [0.05, 0.1) is 14.2 Å². The van der Waals surface area contributed by atoms with Crippen molar-refractivity contribution < 1.29 is 14.6 Å². The number of benzene rings is 2. The van der Waals surface area contributed by atoms with Crippen LogP contribution in [0.3, 0.4) is 0 Å². The minimum Gasteiger partial charge on any atom is -0.507 e. The maximum atomic E-state index is 10.6. The highest BCUT2D eigenvalue weighted by Crippen LogP contribution is 2.52. The molecule has 130 valence electrons. The summed E-state index contributed by atoms with van der Waals surface area (Å²) < 4.78 is 10.7. The molecule has 0 aromatic heterocycles. The van der Waals surface area contributed by atoms with Crippen LogP contribution in [-0.4, -0.2) is 19.3 Å². The molecule has 1 N–H and O–H groups in total. The van der Waals surface area contributed by atoms with Crippen molar-refractivity contribution >= 4 is 11.6 Å². The molecule has 2 unspecified atom stereocenters. The number of hydrogen-bond donors (Lipinski definition) is 1. The van der Waals surface area contributed by atoms with E-state index in [9.17, 15) is 5.11 Å². The predicted octanol–water partition coefficient (Wildman–Crippen LogP) is 5.24. The van der Waals surface area contributed by atoms with Gasteiger partial charge in [0, 0.05) is 11.6 Å². The highest BCUT2D eigenvalue weighted by Gasteiger charge is 2.35. The summed E-state index contributed by atoms with van der Waals surface area (Å²) in [6, 6.07) is 12.1. The number of phenols is 1. The molecule has 2 atom stereocenters. The Balaban J connectivity index is 1.85. The third-order valence-electron chi connectivity index (χ3n) is 5.69. The molecule has 0 saturated heterocycles. The number of aromatic hydroxyl groups is 1. The van der Waals surface area contributed by atoms with Gasteiger partial charge in [-0.15, -0.1) is 0 Å². The fourth-order valence-electron chi connectivity index (χ4n) is 4.43. The molecule has 0 bridgehead atoms. The van der Waals surface area contributed by atoms with Gasteiger partial charge in [-0.1, -0.05) is 25.0 Å². The van der Waals surface area contributed by atoms with Crippen molar-refractivity contribution in [2.45, 2.75) is 31.6 Å². The Hall–Kier alpha value is -2.42. The monoisotopic (exact) mass is 336 g/mol. The van der Waals surface area contributed by atoms with E-state index in [1.54, 1.807) is 20.3 Å². The summed E-state index contributed by atoms with van der Waals surface area (Å²) in [5, 5.41) is 10.6. The molecular weight excluding hydrogens is 312 g/mol. The zero-order valence-electron chi connectivity index (χ0n) is 14.8. The van der Waals surface area contributed by atoms with Crippen molar-refractivity contribution in [1.82, 2.24) is 0 Å². The van der Waals surface area contributed by atoms with Gasteiger partial charge in [0.1, 0.15) is 17.2 Å². The molecule has 2 aliphatic rings. The Labute approximate surface area is 148 Å². The van der Waals surface area contributed by atoms with E-state index in [0.29, 0.717) is 17.6 Å². The molecule has 0 amide bonds. The van der Waals surface area contributed by atoms with Gasteiger partial charge in [-0.3, -0.25) is 0 Å². The Morgan fingerprint density at radius 3 is 2.24 bits per heavy atom. The summed E-state index contributed by atoms with van der Waals surface area (Å²) in [6.07, 6.45) is 7.05. The summed E-state index contributed by atoms with van der Waals surface area (Å²) in [5.74, 6) is 2.87. The summed E-state index contributed by atoms with van der Waals surface area (Å²) in [4.78, 5) is 0. The smallest absolute Gasteiger partial charge is 0.126 e. The molecule has 0 heterocycles. The number of phenolic OH excluding ortho intramolecular Hbond substituents is 1. The lowest BCUT2D eigenvalue weighted by atomic mass is 9.66. The molecule has 2 aromatic carbocycles. The zero-order valence-corrected chi connectivity index (χ0v) is 14.8. The third kappa shape index (κ3) is 2.78. The minimum atomic E-state index is 0.310. The van der Waals surface area contributed by atoms with E-state index in [-0.39, 0.29) is 0 Å². The van der Waals surface area contributed by atoms with Crippen molar-refractivity contribution in [3.8, 4) is 17.2 Å². The molecule has 4 rings (SSSR count). The van der Waals surface area contributed by atoms with E-state index in [1.165, 1.54) is 36.0 Å². The first-order chi connectivity index (χ1) is 12.2. The lowest BCUT2D eigenvalue weighted by molar-refractivity contribution is 0.362. The maximum Gasteiger partial charge on any atom is 0.126 e. The number of ether oxygens (including phenoxy) is 2. The van der Waals surface area contributed by atoms with Crippen LogP contribution in [0.25, 0.3) is 11.6 Å². The molecule has 0 spiro atoms. The van der Waals surface area contributed by atoms with Gasteiger partial charge >= 0.3 is 0 Å². The average molecular weight is 336 g/mol. The molecular formula is C22H24O3. The standard InChI is InChI=1S/C22H24O3/c1-24-15-9-7-14(8-10-15)19-13-21-20(11-16(25-2)12-22(21)23)18-6-4-3-5-17(18)19/h7-13,17-18,23H,3-6H2,1-2H3. The van der Waals surface area contributed by atoms with E-state index in [0.717, 1.165) is 23.5 Å². The SMILES string of the molecule is COc1ccc(C2=Cc3c(O)cc(OC)cc3C3CCCCC23)cc1. The van der Waals surface area contributed by atoms with Crippen molar-refractivity contribution in [2.24, 2.45) is 5.92 Å². The first-order valence-electron chi connectivity index (χ1n) is 8.98. The molecule has 0 aliphatic heterocycles. The van der Waals surface area contributed by atoms with Gasteiger partial charge in [-0.25, -0.2) is 0 Å². The quantitative estimate of drug-likeness (QED) is 0.833. The average Bonchev–Trinajstić information content (AvgIpc) is 2.67. The highest BCUT2D eigenvalue weighted by atomic mass is 16.5. The second-order valence-electron chi connectivity index (χ2n) is 6.98. The largest absolute Gasteiger partial charge is 0.507 e. The Morgan fingerprint density at radius 2 is 1.56 bits per heavy atom. The van der Waals surface area contributed by atoms with Crippen LogP contribution in [0.15, 0.2) is 36.4 Å². The molecule has 2 aliphatic carbocycles. The lowest BCUT2D eigenvalue weighted by Gasteiger charge is -2.38.